The number of aromatic nitrogens is 2. The van der Waals surface area contributed by atoms with Crippen molar-refractivity contribution in [3.05, 3.63) is 53.5 Å². The predicted octanol–water partition coefficient (Wildman–Crippen LogP) is 0.0194. The van der Waals surface area contributed by atoms with Crippen molar-refractivity contribution < 1.29 is 0 Å². The molecule has 2 aromatic heterocycles. The van der Waals surface area contributed by atoms with Crippen LogP contribution in [0.2, 0.25) is 10.6 Å². The summed E-state index contributed by atoms with van der Waals surface area (Å²) in [5.41, 5.74) is -1.57. The molecule has 126 valence electrons. The molecule has 0 saturated heterocycles. The molecule has 3 aromatic rings. The van der Waals surface area contributed by atoms with Gasteiger partial charge in [-0.05, 0) is 0 Å². The van der Waals surface area contributed by atoms with Gasteiger partial charge in [0.15, 0.2) is 0 Å². The van der Waals surface area contributed by atoms with E-state index in [0.29, 0.717) is 32.8 Å². The van der Waals surface area contributed by atoms with Gasteiger partial charge in [-0.3, -0.25) is 0 Å². The Kier molecular flexibility index (Phi) is 4.92. The Morgan fingerprint density at radius 3 is 1.75 bits per heavy atom. The summed E-state index contributed by atoms with van der Waals surface area (Å²) in [7, 11) is 1.39. The molecular weight excluding hydrogens is 442 g/mol. The van der Waals surface area contributed by atoms with E-state index in [1.165, 1.54) is 35.5 Å². The van der Waals surface area contributed by atoms with Crippen LogP contribution in [0.1, 0.15) is 13.3 Å². The molecule has 6 nitrogen and oxygen atoms in total. The van der Waals surface area contributed by atoms with E-state index in [1.54, 1.807) is 0 Å². The number of benzene rings is 1. The molecule has 0 atom stereocenters. The summed E-state index contributed by atoms with van der Waals surface area (Å²) >= 11 is 1.10. The van der Waals surface area contributed by atoms with Gasteiger partial charge in [0.25, 0.3) is 0 Å². The fraction of sp³-hybridized carbons (Fsp3) is 0.375. The second-order valence-corrected chi connectivity index (χ2v) is 13.4. The third-order valence-corrected chi connectivity index (χ3v) is 11.7. The number of hydrogen-bond acceptors (Lipinski definition) is 4. The molecule has 0 N–H and O–H groups in total. The van der Waals surface area contributed by atoms with E-state index in [1.807, 2.05) is 0 Å². The normalized spacial score (nSPS) is 11.8. The van der Waals surface area contributed by atoms with Gasteiger partial charge in [-0.15, -0.1) is 0 Å². The summed E-state index contributed by atoms with van der Waals surface area (Å²) < 4.78 is 2.26. The van der Waals surface area contributed by atoms with Crippen LogP contribution in [0.25, 0.3) is 21.5 Å². The van der Waals surface area contributed by atoms with E-state index < -0.39 is 11.1 Å². The van der Waals surface area contributed by atoms with E-state index >= 15 is 0 Å². The van der Waals surface area contributed by atoms with Crippen LogP contribution in [0.3, 0.4) is 0 Å². The quantitative estimate of drug-likeness (QED) is 0.386. The fourth-order valence-electron chi connectivity index (χ4n) is 2.68. The molecule has 0 bridgehead atoms. The fourth-order valence-corrected chi connectivity index (χ4v) is 9.26. The van der Waals surface area contributed by atoms with Gasteiger partial charge in [0.1, 0.15) is 0 Å². The maximum atomic E-state index is 12.5. The van der Waals surface area contributed by atoms with Gasteiger partial charge in [-0.2, -0.15) is 0 Å². The van der Waals surface area contributed by atoms with Gasteiger partial charge >= 0.3 is 148 Å². The van der Waals surface area contributed by atoms with Gasteiger partial charge < -0.3 is 0 Å². The standard InChI is InChI=1S/C16H16N2O4Se2/c1-3-5-23-24-6-4-18-15(21)11-7-9-10(8-12(11)16(18)22)14(20)17(2)13(9)19/h7-8H,3-6H2,1-2H3. The molecule has 3 rings (SSSR count). The van der Waals surface area contributed by atoms with Crippen LogP contribution in [0.4, 0.5) is 0 Å². The molecule has 0 aliphatic heterocycles. The van der Waals surface area contributed by atoms with Crippen LogP contribution in [0, 0.1) is 0 Å². The topological polar surface area (TPSA) is 78.1 Å². The average Bonchev–Trinajstić information content (AvgIpc) is 2.94. The first-order chi connectivity index (χ1) is 11.5. The van der Waals surface area contributed by atoms with Crippen molar-refractivity contribution in [2.24, 2.45) is 7.05 Å². The SMILES string of the molecule is CCC[Se][Se]CCn1c(=O)c2cc3c(=O)n(C)c(=O)c3cc2c1=O. The van der Waals surface area contributed by atoms with Gasteiger partial charge in [-0.1, -0.05) is 0 Å². The molecular formula is C16H16N2O4Se2. The number of nitrogens with zero attached hydrogens (tertiary/aromatic N) is 2. The zero-order valence-corrected chi connectivity index (χ0v) is 16.8. The summed E-state index contributed by atoms with van der Waals surface area (Å²) in [4.78, 5) is 49.1. The zero-order valence-electron chi connectivity index (χ0n) is 13.3. The van der Waals surface area contributed by atoms with E-state index in [-0.39, 0.29) is 32.7 Å². The van der Waals surface area contributed by atoms with Crippen molar-refractivity contribution in [2.75, 3.05) is 0 Å². The first kappa shape index (κ1) is 17.4. The number of rotatable bonds is 6. The van der Waals surface area contributed by atoms with E-state index in [9.17, 15) is 19.2 Å². The second-order valence-electron chi connectivity index (χ2n) is 5.52. The van der Waals surface area contributed by atoms with Crippen molar-refractivity contribution in [1.82, 2.24) is 9.13 Å². The van der Waals surface area contributed by atoms with Crippen LogP contribution in [0.15, 0.2) is 31.3 Å². The minimum absolute atomic E-state index is 0.208. The monoisotopic (exact) mass is 460 g/mol. The molecule has 0 amide bonds. The van der Waals surface area contributed by atoms with E-state index in [0.717, 1.165) is 9.89 Å². The zero-order chi connectivity index (χ0) is 17.4. The third-order valence-electron chi connectivity index (χ3n) is 3.95. The maximum absolute atomic E-state index is 12.5. The summed E-state index contributed by atoms with van der Waals surface area (Å²) in [5, 5.41) is 2.99. The van der Waals surface area contributed by atoms with Crippen LogP contribution in [0.5, 0.6) is 0 Å². The summed E-state index contributed by atoms with van der Waals surface area (Å²) in [5.74, 6) is 0. The first-order valence-corrected chi connectivity index (χ1v) is 14.3. The molecule has 0 saturated carbocycles. The van der Waals surface area contributed by atoms with Gasteiger partial charge in [0.2, 0.25) is 0 Å². The van der Waals surface area contributed by atoms with Crippen LogP contribution >= 0.6 is 0 Å². The molecule has 8 heteroatoms. The summed E-state index contributed by atoms with van der Waals surface area (Å²) in [6.45, 7) is 2.57. The summed E-state index contributed by atoms with van der Waals surface area (Å²) in [6.07, 6.45) is 1.18. The molecule has 1 aromatic carbocycles. The Morgan fingerprint density at radius 2 is 1.25 bits per heavy atom. The second kappa shape index (κ2) is 6.81. The van der Waals surface area contributed by atoms with Crippen molar-refractivity contribution in [1.29, 1.82) is 0 Å². The molecule has 0 unspecified atom stereocenters. The van der Waals surface area contributed by atoms with Crippen LogP contribution < -0.4 is 22.2 Å². The first-order valence-electron chi connectivity index (χ1n) is 7.58. The van der Waals surface area contributed by atoms with Crippen molar-refractivity contribution >= 4 is 47.8 Å². The Balaban J connectivity index is 2.07. The Labute approximate surface area is 148 Å². The van der Waals surface area contributed by atoms with Gasteiger partial charge in [-0.25, -0.2) is 0 Å². The molecule has 0 aliphatic carbocycles. The Hall–Kier alpha value is -1.46. The third kappa shape index (κ3) is 2.74. The van der Waals surface area contributed by atoms with Crippen LogP contribution in [-0.2, 0) is 13.6 Å². The molecule has 24 heavy (non-hydrogen) atoms. The van der Waals surface area contributed by atoms with Gasteiger partial charge in [0.05, 0.1) is 0 Å². The molecule has 0 aliphatic rings. The van der Waals surface area contributed by atoms with Crippen LogP contribution in [-0.4, -0.2) is 35.4 Å². The molecule has 0 fully saturated rings. The Bertz CT molecular complexity index is 1040. The van der Waals surface area contributed by atoms with E-state index in [4.69, 9.17) is 0 Å². The minimum atomic E-state index is -0.429. The number of fused-ring (bicyclic) bond motifs is 2. The predicted molar refractivity (Wildman–Crippen MR) is 97.3 cm³/mol. The van der Waals surface area contributed by atoms with Gasteiger partial charge in [0, 0.05) is 0 Å². The molecule has 0 radical (unpaired) electrons. The average molecular weight is 458 g/mol. The van der Waals surface area contributed by atoms with Crippen molar-refractivity contribution in [2.45, 2.75) is 30.5 Å². The number of hydrogen-bond donors (Lipinski definition) is 0. The van der Waals surface area contributed by atoms with E-state index in [2.05, 4.69) is 6.92 Å². The Morgan fingerprint density at radius 1 is 0.792 bits per heavy atom. The van der Waals surface area contributed by atoms with Crippen molar-refractivity contribution in [3.8, 4) is 0 Å². The summed E-state index contributed by atoms with van der Waals surface area (Å²) in [6, 6.07) is 2.81. The van der Waals surface area contributed by atoms with Crippen molar-refractivity contribution in [3.63, 3.8) is 0 Å². The molecule has 0 spiro atoms. The molecule has 2 heterocycles.